The van der Waals surface area contributed by atoms with Gasteiger partial charge in [-0.3, -0.25) is 0 Å². The van der Waals surface area contributed by atoms with Crippen LogP contribution < -0.4 is 5.32 Å². The molecule has 1 heterocycles. The monoisotopic (exact) mass is 266 g/mol. The lowest BCUT2D eigenvalue weighted by Crippen LogP contribution is -2.34. The second-order valence-electron chi connectivity index (χ2n) is 4.70. The smallest absolute Gasteiger partial charge is 0.100 e. The third kappa shape index (κ3) is 4.09. The first kappa shape index (κ1) is 15.2. The quantitative estimate of drug-likeness (QED) is 0.760. The zero-order chi connectivity index (χ0) is 13.4. The van der Waals surface area contributed by atoms with E-state index in [2.05, 4.69) is 25.2 Å². The molecule has 0 saturated carbocycles. The summed E-state index contributed by atoms with van der Waals surface area (Å²) in [5.74, 6) is 0. The van der Waals surface area contributed by atoms with Gasteiger partial charge in [-0.2, -0.15) is 5.26 Å². The van der Waals surface area contributed by atoms with Gasteiger partial charge in [0.25, 0.3) is 0 Å². The van der Waals surface area contributed by atoms with E-state index in [1.165, 1.54) is 4.88 Å². The van der Waals surface area contributed by atoms with Crippen LogP contribution in [0.15, 0.2) is 11.4 Å². The van der Waals surface area contributed by atoms with Crippen LogP contribution in [0.1, 0.15) is 43.6 Å². The number of aliphatic hydroxyl groups is 1. The zero-order valence-electron chi connectivity index (χ0n) is 11.2. The Morgan fingerprint density at radius 2 is 2.17 bits per heavy atom. The Hall–Kier alpha value is -0.890. The summed E-state index contributed by atoms with van der Waals surface area (Å²) in [6.07, 6.45) is 3.00. The summed E-state index contributed by atoms with van der Waals surface area (Å²) in [4.78, 5) is 1.19. The van der Waals surface area contributed by atoms with Crippen LogP contribution in [-0.4, -0.2) is 18.3 Å². The molecule has 0 aliphatic heterocycles. The van der Waals surface area contributed by atoms with Crippen molar-refractivity contribution in [1.82, 2.24) is 5.32 Å². The molecule has 1 rings (SSSR count). The van der Waals surface area contributed by atoms with E-state index in [4.69, 9.17) is 10.4 Å². The van der Waals surface area contributed by atoms with Crippen molar-refractivity contribution in [1.29, 1.82) is 5.26 Å². The Morgan fingerprint density at radius 1 is 1.44 bits per heavy atom. The molecule has 0 saturated heterocycles. The van der Waals surface area contributed by atoms with Crippen molar-refractivity contribution in [3.63, 3.8) is 0 Å². The lowest BCUT2D eigenvalue weighted by Gasteiger charge is -2.31. The van der Waals surface area contributed by atoms with E-state index in [9.17, 15) is 0 Å². The largest absolute Gasteiger partial charge is 0.396 e. The van der Waals surface area contributed by atoms with Gasteiger partial charge in [-0.25, -0.2) is 0 Å². The van der Waals surface area contributed by atoms with Gasteiger partial charge in [0.1, 0.15) is 6.07 Å². The second-order valence-corrected chi connectivity index (χ2v) is 5.69. The number of hydrogen-bond donors (Lipinski definition) is 2. The molecular formula is C14H22N2OS. The van der Waals surface area contributed by atoms with Crippen molar-refractivity contribution in [3.8, 4) is 6.07 Å². The van der Waals surface area contributed by atoms with Crippen LogP contribution in [0, 0.1) is 16.7 Å². The summed E-state index contributed by atoms with van der Waals surface area (Å²) in [5, 5.41) is 23.3. The van der Waals surface area contributed by atoms with Gasteiger partial charge in [-0.15, -0.1) is 11.3 Å². The maximum Gasteiger partial charge on any atom is 0.100 e. The number of nitrogens with zero attached hydrogens (tertiary/aromatic N) is 1. The maximum atomic E-state index is 9.15. The Bertz CT molecular complexity index is 391. The lowest BCUT2D eigenvalue weighted by atomic mass is 9.79. The van der Waals surface area contributed by atoms with Crippen LogP contribution in [0.4, 0.5) is 0 Å². The van der Waals surface area contributed by atoms with E-state index < -0.39 is 0 Å². The van der Waals surface area contributed by atoms with Crippen molar-refractivity contribution in [2.24, 2.45) is 5.41 Å². The van der Waals surface area contributed by atoms with Gasteiger partial charge >= 0.3 is 0 Å². The minimum atomic E-state index is 0.198. The molecule has 18 heavy (non-hydrogen) atoms. The normalized spacial score (nSPS) is 11.4. The highest BCUT2D eigenvalue weighted by atomic mass is 32.1. The Labute approximate surface area is 113 Å². The first-order chi connectivity index (χ1) is 8.69. The molecule has 4 heteroatoms. The van der Waals surface area contributed by atoms with Crippen molar-refractivity contribution in [2.45, 2.75) is 39.7 Å². The van der Waals surface area contributed by atoms with E-state index >= 15 is 0 Å². The topological polar surface area (TPSA) is 56.0 Å². The van der Waals surface area contributed by atoms with E-state index in [0.717, 1.165) is 37.9 Å². The van der Waals surface area contributed by atoms with Crippen LogP contribution >= 0.6 is 11.3 Å². The molecule has 0 amide bonds. The molecular weight excluding hydrogens is 244 g/mol. The Morgan fingerprint density at radius 3 is 2.67 bits per heavy atom. The van der Waals surface area contributed by atoms with Gasteiger partial charge in [0.05, 0.1) is 5.56 Å². The van der Waals surface area contributed by atoms with Gasteiger partial charge in [-0.05, 0) is 30.7 Å². The van der Waals surface area contributed by atoms with Gasteiger partial charge < -0.3 is 10.4 Å². The van der Waals surface area contributed by atoms with Crippen LogP contribution in [0.3, 0.4) is 0 Å². The first-order valence-electron chi connectivity index (χ1n) is 6.48. The number of thiophene rings is 1. The van der Waals surface area contributed by atoms with E-state index in [-0.39, 0.29) is 12.0 Å². The number of hydrogen-bond acceptors (Lipinski definition) is 4. The van der Waals surface area contributed by atoms with Crippen LogP contribution in [0.5, 0.6) is 0 Å². The Kier molecular flexibility index (Phi) is 6.34. The average molecular weight is 266 g/mol. The second kappa shape index (κ2) is 7.52. The molecule has 0 spiro atoms. The molecule has 0 aromatic carbocycles. The van der Waals surface area contributed by atoms with Gasteiger partial charge in [0.15, 0.2) is 0 Å². The summed E-state index contributed by atoms with van der Waals surface area (Å²) in [5.41, 5.74) is 0.939. The molecule has 0 unspecified atom stereocenters. The number of nitrogens with one attached hydrogen (secondary N) is 1. The van der Waals surface area contributed by atoms with Crippen LogP contribution in [0.25, 0.3) is 0 Å². The van der Waals surface area contributed by atoms with E-state index in [0.29, 0.717) is 0 Å². The standard InChI is InChI=1S/C14H22N2OS/c1-3-14(4-2,5-6-17)11-16-9-13-7-12(8-15)10-18-13/h7,10,16-17H,3-6,9,11H2,1-2H3. The molecule has 2 N–H and O–H groups in total. The number of rotatable bonds is 8. The minimum Gasteiger partial charge on any atom is -0.396 e. The highest BCUT2D eigenvalue weighted by Crippen LogP contribution is 2.29. The predicted octanol–water partition coefficient (Wildman–Crippen LogP) is 2.90. The third-order valence-corrected chi connectivity index (χ3v) is 4.66. The predicted molar refractivity (Wildman–Crippen MR) is 75.5 cm³/mol. The average Bonchev–Trinajstić information content (AvgIpc) is 2.85. The van der Waals surface area contributed by atoms with Gasteiger partial charge in [-0.1, -0.05) is 13.8 Å². The fraction of sp³-hybridized carbons (Fsp3) is 0.643. The number of nitriles is 1. The summed E-state index contributed by atoms with van der Waals surface area (Å²) < 4.78 is 0. The molecule has 1 aromatic rings. The van der Waals surface area contributed by atoms with Crippen molar-refractivity contribution >= 4 is 11.3 Å². The summed E-state index contributed by atoms with van der Waals surface area (Å²) >= 11 is 1.62. The first-order valence-corrected chi connectivity index (χ1v) is 7.36. The molecule has 1 aromatic heterocycles. The van der Waals surface area contributed by atoms with Crippen molar-refractivity contribution < 1.29 is 5.11 Å². The fourth-order valence-electron chi connectivity index (χ4n) is 2.16. The summed E-state index contributed by atoms with van der Waals surface area (Å²) in [6, 6.07) is 4.08. The molecule has 0 bridgehead atoms. The molecule has 0 radical (unpaired) electrons. The molecule has 0 aliphatic carbocycles. The highest BCUT2D eigenvalue weighted by molar-refractivity contribution is 7.10. The van der Waals surface area contributed by atoms with E-state index in [1.54, 1.807) is 11.3 Å². The van der Waals surface area contributed by atoms with Crippen LogP contribution in [0.2, 0.25) is 0 Å². The molecule has 0 fully saturated rings. The summed E-state index contributed by atoms with van der Waals surface area (Å²) in [6.45, 7) is 6.33. The number of aliphatic hydroxyl groups excluding tert-OH is 1. The fourth-order valence-corrected chi connectivity index (χ4v) is 2.94. The Balaban J connectivity index is 2.46. The minimum absolute atomic E-state index is 0.198. The molecule has 0 atom stereocenters. The maximum absolute atomic E-state index is 9.15. The summed E-state index contributed by atoms with van der Waals surface area (Å²) in [7, 11) is 0. The van der Waals surface area contributed by atoms with Crippen molar-refractivity contribution in [2.75, 3.05) is 13.2 Å². The van der Waals surface area contributed by atoms with Crippen molar-refractivity contribution in [3.05, 3.63) is 21.9 Å². The third-order valence-electron chi connectivity index (χ3n) is 3.72. The van der Waals surface area contributed by atoms with Crippen LogP contribution in [-0.2, 0) is 6.54 Å². The highest BCUT2D eigenvalue weighted by Gasteiger charge is 2.24. The van der Waals surface area contributed by atoms with E-state index in [1.807, 2.05) is 11.4 Å². The molecule has 3 nitrogen and oxygen atoms in total. The van der Waals surface area contributed by atoms with Gasteiger partial charge in [0, 0.05) is 30.0 Å². The van der Waals surface area contributed by atoms with Gasteiger partial charge in [0.2, 0.25) is 0 Å². The lowest BCUT2D eigenvalue weighted by molar-refractivity contribution is 0.163. The zero-order valence-corrected chi connectivity index (χ0v) is 12.0. The molecule has 100 valence electrons. The molecule has 0 aliphatic rings. The SMILES string of the molecule is CCC(CC)(CCO)CNCc1cc(C#N)cs1.